The summed E-state index contributed by atoms with van der Waals surface area (Å²) in [5.41, 5.74) is 1.41. The Morgan fingerprint density at radius 1 is 1.26 bits per heavy atom. The van der Waals surface area contributed by atoms with Gasteiger partial charge in [-0.3, -0.25) is 4.79 Å². The first-order chi connectivity index (χ1) is 16.1. The van der Waals surface area contributed by atoms with E-state index < -0.39 is 0 Å². The molecule has 1 unspecified atom stereocenters. The van der Waals surface area contributed by atoms with Gasteiger partial charge in [-0.05, 0) is 76.2 Å². The molecule has 1 saturated carbocycles. The monoisotopic (exact) mass is 555 g/mol. The highest BCUT2D eigenvalue weighted by atomic mass is 35.5. The lowest BCUT2D eigenvalue weighted by molar-refractivity contribution is 0.0953. The highest BCUT2D eigenvalue weighted by molar-refractivity contribution is 7.22. The minimum absolute atomic E-state index is 0. The SMILES string of the molecule is CN1CCCC(CCCNc2ncc(Cl)c(-c3cc4c(C(=O)NC5CC5)cccc4s3)n2)C1.Cl.Cl. The van der Waals surface area contributed by atoms with Gasteiger partial charge in [0.15, 0.2) is 0 Å². The number of fused-ring (bicyclic) bond motifs is 1. The normalized spacial score (nSPS) is 17.9. The van der Waals surface area contributed by atoms with E-state index in [2.05, 4.69) is 27.6 Å². The van der Waals surface area contributed by atoms with Crippen molar-refractivity contribution in [3.8, 4) is 10.6 Å². The van der Waals surface area contributed by atoms with Crippen LogP contribution in [0.15, 0.2) is 30.5 Å². The van der Waals surface area contributed by atoms with Crippen LogP contribution in [0.1, 0.15) is 48.9 Å². The van der Waals surface area contributed by atoms with E-state index in [-0.39, 0.29) is 30.7 Å². The van der Waals surface area contributed by atoms with Gasteiger partial charge in [-0.2, -0.15) is 0 Å². The number of nitrogens with one attached hydrogen (secondary N) is 2. The predicted octanol–water partition coefficient (Wildman–Crippen LogP) is 6.28. The maximum absolute atomic E-state index is 12.7. The maximum Gasteiger partial charge on any atom is 0.252 e. The molecule has 190 valence electrons. The molecule has 3 aromatic rings. The Morgan fingerprint density at radius 2 is 2.09 bits per heavy atom. The van der Waals surface area contributed by atoms with Gasteiger partial charge in [0.25, 0.3) is 5.91 Å². The van der Waals surface area contributed by atoms with Crippen LogP contribution >= 0.6 is 47.8 Å². The Labute approximate surface area is 228 Å². The summed E-state index contributed by atoms with van der Waals surface area (Å²) >= 11 is 8.08. The Balaban J connectivity index is 0.00000171. The third-order valence-electron chi connectivity index (χ3n) is 6.49. The van der Waals surface area contributed by atoms with Crippen molar-refractivity contribution in [2.45, 2.75) is 44.6 Å². The van der Waals surface area contributed by atoms with E-state index in [0.29, 0.717) is 28.3 Å². The van der Waals surface area contributed by atoms with Gasteiger partial charge in [0.1, 0.15) is 5.69 Å². The average Bonchev–Trinajstić information content (AvgIpc) is 3.51. The molecule has 3 heterocycles. The first kappa shape index (κ1) is 27.9. The zero-order valence-electron chi connectivity index (χ0n) is 19.8. The van der Waals surface area contributed by atoms with Crippen molar-refractivity contribution in [3.05, 3.63) is 41.0 Å². The molecule has 5 rings (SSSR count). The van der Waals surface area contributed by atoms with Crippen LogP contribution in [0.5, 0.6) is 0 Å². The van der Waals surface area contributed by atoms with E-state index in [0.717, 1.165) is 46.7 Å². The van der Waals surface area contributed by atoms with Gasteiger partial charge in [0, 0.05) is 34.8 Å². The van der Waals surface area contributed by atoms with Crippen molar-refractivity contribution >= 4 is 69.7 Å². The minimum Gasteiger partial charge on any atom is -0.354 e. The fraction of sp³-hybridized carbons (Fsp3) is 0.480. The first-order valence-corrected chi connectivity index (χ1v) is 13.0. The van der Waals surface area contributed by atoms with Crippen LogP contribution in [0.25, 0.3) is 20.7 Å². The van der Waals surface area contributed by atoms with E-state index in [1.165, 1.54) is 32.4 Å². The highest BCUT2D eigenvalue weighted by Gasteiger charge is 2.25. The van der Waals surface area contributed by atoms with E-state index in [9.17, 15) is 4.79 Å². The predicted molar refractivity (Wildman–Crippen MR) is 151 cm³/mol. The van der Waals surface area contributed by atoms with Crippen molar-refractivity contribution < 1.29 is 4.79 Å². The topological polar surface area (TPSA) is 70.2 Å². The number of amides is 1. The number of anilines is 1. The summed E-state index contributed by atoms with van der Waals surface area (Å²) < 4.78 is 1.05. The lowest BCUT2D eigenvalue weighted by Crippen LogP contribution is -2.32. The number of benzene rings is 1. The first-order valence-electron chi connectivity index (χ1n) is 11.9. The molecular formula is C25H32Cl3N5OS. The standard InChI is InChI=1S/C25H30ClN5OS.2ClH/c1-31-12-4-6-16(15-31)5-3-11-27-25-28-14-20(26)23(30-25)22-13-19-18(7-2-8-21(19)33-22)24(32)29-17-9-10-17;;/h2,7-8,13-14,16-17H,3-6,9-12,15H2,1H3,(H,29,32)(H,27,28,30);2*1H. The Kier molecular flexibility index (Phi) is 10.0. The molecule has 2 aliphatic rings. The minimum atomic E-state index is -0.00671. The van der Waals surface area contributed by atoms with Crippen molar-refractivity contribution in [1.82, 2.24) is 20.2 Å². The van der Waals surface area contributed by atoms with Crippen LogP contribution in [-0.4, -0.2) is 53.5 Å². The third kappa shape index (κ3) is 6.98. The number of thiophene rings is 1. The fourth-order valence-electron chi connectivity index (χ4n) is 4.59. The quantitative estimate of drug-likeness (QED) is 0.320. The molecule has 10 heteroatoms. The molecule has 1 amide bonds. The zero-order chi connectivity index (χ0) is 22.8. The lowest BCUT2D eigenvalue weighted by Gasteiger charge is -2.29. The summed E-state index contributed by atoms with van der Waals surface area (Å²) in [4.78, 5) is 25.2. The zero-order valence-corrected chi connectivity index (χ0v) is 23.0. The molecule has 6 nitrogen and oxygen atoms in total. The van der Waals surface area contributed by atoms with E-state index in [1.807, 2.05) is 24.3 Å². The maximum atomic E-state index is 12.7. The summed E-state index contributed by atoms with van der Waals surface area (Å²) in [5, 5.41) is 7.92. The van der Waals surface area contributed by atoms with Gasteiger partial charge in [0.2, 0.25) is 5.95 Å². The second kappa shape index (κ2) is 12.5. The number of piperidine rings is 1. The molecular weight excluding hydrogens is 525 g/mol. The van der Waals surface area contributed by atoms with Crippen LogP contribution in [-0.2, 0) is 0 Å². The number of halogens is 3. The molecule has 35 heavy (non-hydrogen) atoms. The molecule has 0 spiro atoms. The third-order valence-corrected chi connectivity index (χ3v) is 7.87. The summed E-state index contributed by atoms with van der Waals surface area (Å²) in [6.07, 6.45) is 8.76. The lowest BCUT2D eigenvalue weighted by atomic mass is 9.94. The molecule has 2 aromatic heterocycles. The van der Waals surface area contributed by atoms with E-state index in [4.69, 9.17) is 16.6 Å². The number of hydrogen-bond donors (Lipinski definition) is 2. The van der Waals surface area contributed by atoms with Gasteiger partial charge in [-0.15, -0.1) is 36.2 Å². The number of hydrogen-bond acceptors (Lipinski definition) is 6. The van der Waals surface area contributed by atoms with Crippen molar-refractivity contribution in [2.75, 3.05) is 32.0 Å². The Bertz CT molecular complexity index is 1150. The summed E-state index contributed by atoms with van der Waals surface area (Å²) in [7, 11) is 2.21. The second-order valence-electron chi connectivity index (χ2n) is 9.31. The van der Waals surface area contributed by atoms with Crippen LogP contribution in [0.2, 0.25) is 5.02 Å². The molecule has 0 radical (unpaired) electrons. The average molecular weight is 557 g/mol. The van der Waals surface area contributed by atoms with Gasteiger partial charge >= 0.3 is 0 Å². The molecule has 1 saturated heterocycles. The second-order valence-corrected chi connectivity index (χ2v) is 10.8. The number of carbonyl (C=O) groups is 1. The largest absolute Gasteiger partial charge is 0.354 e. The van der Waals surface area contributed by atoms with Crippen LogP contribution in [0, 0.1) is 5.92 Å². The van der Waals surface area contributed by atoms with Gasteiger partial charge in [0.05, 0.1) is 16.1 Å². The van der Waals surface area contributed by atoms with E-state index in [1.54, 1.807) is 17.5 Å². The number of aromatic nitrogens is 2. The van der Waals surface area contributed by atoms with Crippen LogP contribution in [0.4, 0.5) is 5.95 Å². The Morgan fingerprint density at radius 3 is 2.86 bits per heavy atom. The van der Waals surface area contributed by atoms with Crippen LogP contribution in [0.3, 0.4) is 0 Å². The van der Waals surface area contributed by atoms with Gasteiger partial charge < -0.3 is 15.5 Å². The summed E-state index contributed by atoms with van der Waals surface area (Å²) in [6.45, 7) is 3.27. The Hall–Kier alpha value is -1.64. The fourth-order valence-corrected chi connectivity index (χ4v) is 5.93. The number of rotatable bonds is 8. The van der Waals surface area contributed by atoms with Crippen molar-refractivity contribution in [2.24, 2.45) is 5.92 Å². The molecule has 0 bridgehead atoms. The molecule has 2 N–H and O–H groups in total. The summed E-state index contributed by atoms with van der Waals surface area (Å²) in [6, 6.07) is 8.21. The van der Waals surface area contributed by atoms with Gasteiger partial charge in [-0.25, -0.2) is 9.97 Å². The summed E-state index contributed by atoms with van der Waals surface area (Å²) in [5.74, 6) is 1.38. The molecule has 1 aliphatic heterocycles. The smallest absolute Gasteiger partial charge is 0.252 e. The van der Waals surface area contributed by atoms with Crippen LogP contribution < -0.4 is 10.6 Å². The van der Waals surface area contributed by atoms with E-state index >= 15 is 0 Å². The number of carbonyl (C=O) groups excluding carboxylic acids is 1. The molecule has 1 atom stereocenters. The number of nitrogens with zero attached hydrogens (tertiary/aromatic N) is 3. The molecule has 1 aliphatic carbocycles. The molecule has 2 fully saturated rings. The van der Waals surface area contributed by atoms with Crippen molar-refractivity contribution in [3.63, 3.8) is 0 Å². The number of likely N-dealkylation sites (tertiary alicyclic amines) is 1. The molecule has 1 aromatic carbocycles. The van der Waals surface area contributed by atoms with Gasteiger partial charge in [-0.1, -0.05) is 17.7 Å². The van der Waals surface area contributed by atoms with Crippen molar-refractivity contribution in [1.29, 1.82) is 0 Å². The highest BCUT2D eigenvalue weighted by Crippen LogP contribution is 2.37.